The van der Waals surface area contributed by atoms with Gasteiger partial charge in [0.05, 0.1) is 0 Å². The summed E-state index contributed by atoms with van der Waals surface area (Å²) >= 11 is 0. The Balaban J connectivity index is 2.09. The first-order chi connectivity index (χ1) is 10.9. The standard InChI is InChI=1S/C22H19/c1-2-21(18-12-6-3-7-13-18)22(19-14-8-4-9-15-19)20-16-10-5-11-17-20/h2-17H,1H3. The highest BCUT2D eigenvalue weighted by atomic mass is 14.3. The van der Waals surface area contributed by atoms with E-state index in [1.807, 2.05) is 0 Å². The normalized spacial score (nSPS) is 11.0. The maximum atomic E-state index is 2.20. The van der Waals surface area contributed by atoms with E-state index in [4.69, 9.17) is 0 Å². The van der Waals surface area contributed by atoms with Gasteiger partial charge in [0.2, 0.25) is 0 Å². The molecule has 3 aromatic carbocycles. The second kappa shape index (κ2) is 7.09. The third-order valence-electron chi connectivity index (χ3n) is 3.77. The van der Waals surface area contributed by atoms with Gasteiger partial charge in [-0.1, -0.05) is 97.9 Å². The molecule has 0 unspecified atom stereocenters. The number of benzene rings is 3. The molecule has 0 amide bonds. The van der Waals surface area contributed by atoms with Gasteiger partial charge in [-0.25, -0.2) is 0 Å². The van der Waals surface area contributed by atoms with E-state index in [1.165, 1.54) is 28.5 Å². The molecule has 0 aliphatic rings. The van der Waals surface area contributed by atoms with Crippen molar-refractivity contribution < 1.29 is 0 Å². The molecule has 3 rings (SSSR count). The van der Waals surface area contributed by atoms with Gasteiger partial charge in [-0.15, -0.1) is 0 Å². The minimum absolute atomic E-state index is 1.24. The Morgan fingerprint density at radius 1 is 0.545 bits per heavy atom. The fourth-order valence-corrected chi connectivity index (χ4v) is 2.76. The van der Waals surface area contributed by atoms with Gasteiger partial charge in [0.15, 0.2) is 0 Å². The van der Waals surface area contributed by atoms with Crippen LogP contribution in [0.4, 0.5) is 0 Å². The van der Waals surface area contributed by atoms with Crippen LogP contribution in [0.5, 0.6) is 0 Å². The van der Waals surface area contributed by atoms with Gasteiger partial charge in [-0.05, 0) is 23.1 Å². The lowest BCUT2D eigenvalue weighted by Gasteiger charge is -2.26. The molecule has 0 atom stereocenters. The van der Waals surface area contributed by atoms with Crippen LogP contribution in [0.3, 0.4) is 0 Å². The van der Waals surface area contributed by atoms with Gasteiger partial charge in [0.25, 0.3) is 0 Å². The average molecular weight is 283 g/mol. The lowest BCUT2D eigenvalue weighted by Crippen LogP contribution is -2.14. The molecule has 0 spiro atoms. The molecule has 0 fully saturated rings. The molecule has 22 heavy (non-hydrogen) atoms. The van der Waals surface area contributed by atoms with E-state index in [2.05, 4.69) is 104 Å². The molecule has 0 nitrogen and oxygen atoms in total. The lowest BCUT2D eigenvalue weighted by molar-refractivity contribution is 1.06. The van der Waals surface area contributed by atoms with Crippen LogP contribution in [0, 0.1) is 18.3 Å². The maximum absolute atomic E-state index is 2.20. The van der Waals surface area contributed by atoms with Crippen molar-refractivity contribution in [3.05, 3.63) is 126 Å². The Labute approximate surface area is 133 Å². The second-order valence-electron chi connectivity index (χ2n) is 5.18. The van der Waals surface area contributed by atoms with Crippen molar-refractivity contribution in [1.29, 1.82) is 0 Å². The van der Waals surface area contributed by atoms with Gasteiger partial charge in [0, 0.05) is 11.8 Å². The summed E-state index contributed by atoms with van der Waals surface area (Å²) in [6, 6.07) is 31.8. The zero-order chi connectivity index (χ0) is 15.2. The molecule has 0 saturated heterocycles. The van der Waals surface area contributed by atoms with Crippen LogP contribution in [0.2, 0.25) is 0 Å². The van der Waals surface area contributed by atoms with Crippen LogP contribution in [0.15, 0.2) is 91.0 Å². The summed E-state index contributed by atoms with van der Waals surface area (Å²) < 4.78 is 0. The second-order valence-corrected chi connectivity index (χ2v) is 5.18. The van der Waals surface area contributed by atoms with Crippen molar-refractivity contribution in [1.82, 2.24) is 0 Å². The fraction of sp³-hybridized carbons (Fsp3) is 0.0455. The molecule has 3 aromatic rings. The largest absolute Gasteiger partial charge is 0.0622 e. The van der Waals surface area contributed by atoms with E-state index in [9.17, 15) is 0 Å². The Hall–Kier alpha value is -2.34. The van der Waals surface area contributed by atoms with Crippen LogP contribution in [-0.4, -0.2) is 0 Å². The molecule has 0 saturated carbocycles. The van der Waals surface area contributed by atoms with E-state index in [0.29, 0.717) is 0 Å². The maximum Gasteiger partial charge on any atom is 0.0457 e. The molecule has 0 aliphatic heterocycles. The highest BCUT2D eigenvalue weighted by Crippen LogP contribution is 2.38. The van der Waals surface area contributed by atoms with Crippen LogP contribution >= 0.6 is 0 Å². The van der Waals surface area contributed by atoms with Crippen molar-refractivity contribution in [3.63, 3.8) is 0 Å². The lowest BCUT2D eigenvalue weighted by atomic mass is 9.76. The Morgan fingerprint density at radius 3 is 1.27 bits per heavy atom. The van der Waals surface area contributed by atoms with Crippen LogP contribution < -0.4 is 0 Å². The average Bonchev–Trinajstić information content (AvgIpc) is 2.62. The molecule has 0 bridgehead atoms. The quantitative estimate of drug-likeness (QED) is 0.579. The van der Waals surface area contributed by atoms with E-state index in [-0.39, 0.29) is 0 Å². The molecular weight excluding hydrogens is 264 g/mol. The predicted octanol–water partition coefficient (Wildman–Crippen LogP) is 5.50. The summed E-state index contributed by atoms with van der Waals surface area (Å²) in [4.78, 5) is 0. The first kappa shape index (κ1) is 14.6. The summed E-state index contributed by atoms with van der Waals surface area (Å²) in [5.74, 6) is 2.54. The molecule has 0 N–H and O–H groups in total. The molecule has 107 valence electrons. The van der Waals surface area contributed by atoms with E-state index in [0.717, 1.165) is 0 Å². The van der Waals surface area contributed by atoms with Crippen molar-refractivity contribution in [3.8, 4) is 0 Å². The minimum Gasteiger partial charge on any atom is -0.0622 e. The molecule has 0 heterocycles. The van der Waals surface area contributed by atoms with Crippen LogP contribution in [0.1, 0.15) is 23.6 Å². The molecule has 0 aromatic heterocycles. The summed E-state index contributed by atoms with van der Waals surface area (Å²) in [7, 11) is 0. The molecule has 0 heteroatoms. The minimum atomic E-state index is 1.24. The zero-order valence-corrected chi connectivity index (χ0v) is 12.7. The molecule has 0 aliphatic carbocycles. The number of hydrogen-bond donors (Lipinski definition) is 0. The SMILES string of the molecule is C[CH][C]([C](c1ccccc1)c1ccccc1)c1ccccc1. The molecular formula is C22H19. The topological polar surface area (TPSA) is 0 Å². The summed E-state index contributed by atoms with van der Waals surface area (Å²) in [5, 5.41) is 0. The van der Waals surface area contributed by atoms with Gasteiger partial charge in [0.1, 0.15) is 0 Å². The van der Waals surface area contributed by atoms with Crippen molar-refractivity contribution >= 4 is 0 Å². The summed E-state index contributed by atoms with van der Waals surface area (Å²) in [5.41, 5.74) is 3.73. The highest BCUT2D eigenvalue weighted by Gasteiger charge is 2.26. The van der Waals surface area contributed by atoms with E-state index < -0.39 is 0 Å². The van der Waals surface area contributed by atoms with Gasteiger partial charge >= 0.3 is 0 Å². The third-order valence-corrected chi connectivity index (χ3v) is 3.77. The molecule has 3 radical (unpaired) electrons. The van der Waals surface area contributed by atoms with Gasteiger partial charge in [-0.3, -0.25) is 0 Å². The highest BCUT2D eigenvalue weighted by molar-refractivity contribution is 5.61. The van der Waals surface area contributed by atoms with Gasteiger partial charge < -0.3 is 0 Å². The van der Waals surface area contributed by atoms with Crippen molar-refractivity contribution in [2.24, 2.45) is 0 Å². The fourth-order valence-electron chi connectivity index (χ4n) is 2.76. The van der Waals surface area contributed by atoms with Crippen molar-refractivity contribution in [2.45, 2.75) is 6.92 Å². The van der Waals surface area contributed by atoms with Crippen LogP contribution in [-0.2, 0) is 0 Å². The van der Waals surface area contributed by atoms with Gasteiger partial charge in [-0.2, -0.15) is 0 Å². The Morgan fingerprint density at radius 2 is 0.909 bits per heavy atom. The summed E-state index contributed by atoms with van der Waals surface area (Å²) in [6.07, 6.45) is 2.20. The van der Waals surface area contributed by atoms with Crippen LogP contribution in [0.25, 0.3) is 0 Å². The number of hydrogen-bond acceptors (Lipinski definition) is 0. The summed E-state index contributed by atoms with van der Waals surface area (Å²) in [6.45, 7) is 2.11. The van der Waals surface area contributed by atoms with E-state index >= 15 is 0 Å². The first-order valence-corrected chi connectivity index (χ1v) is 7.60. The zero-order valence-electron chi connectivity index (χ0n) is 12.7. The van der Waals surface area contributed by atoms with Crippen molar-refractivity contribution in [2.75, 3.05) is 0 Å². The Bertz CT molecular complexity index is 632. The number of rotatable bonds is 5. The predicted molar refractivity (Wildman–Crippen MR) is 93.1 cm³/mol. The third kappa shape index (κ3) is 3.12. The Kier molecular flexibility index (Phi) is 4.70. The van der Waals surface area contributed by atoms with E-state index in [1.54, 1.807) is 0 Å². The smallest absolute Gasteiger partial charge is 0.0457 e. The monoisotopic (exact) mass is 283 g/mol. The first-order valence-electron chi connectivity index (χ1n) is 7.60.